The monoisotopic (exact) mass is 380 g/mol. The highest BCUT2D eigenvalue weighted by molar-refractivity contribution is 5.95. The molecule has 2 aromatic carbocycles. The highest BCUT2D eigenvalue weighted by Crippen LogP contribution is 2.49. The van der Waals surface area contributed by atoms with Crippen LogP contribution in [-0.4, -0.2) is 33.6 Å². The summed E-state index contributed by atoms with van der Waals surface area (Å²) in [6.07, 6.45) is 0.670. The number of hydrogen-bond acceptors (Lipinski definition) is 6. The van der Waals surface area contributed by atoms with Gasteiger partial charge in [0, 0.05) is 11.5 Å². The van der Waals surface area contributed by atoms with Crippen molar-refractivity contribution < 1.29 is 28.5 Å². The molecular formula is C22H20O6. The third-order valence-corrected chi connectivity index (χ3v) is 5.72. The quantitative estimate of drug-likeness (QED) is 0.762. The van der Waals surface area contributed by atoms with Gasteiger partial charge in [-0.2, -0.15) is 0 Å². The maximum absolute atomic E-state index is 12.6. The number of carbonyl (C=O) groups excluding carboxylic acids is 1. The summed E-state index contributed by atoms with van der Waals surface area (Å²) in [5, 5.41) is 0. The second-order valence-electron chi connectivity index (χ2n) is 7.16. The number of hydrogen-bond donors (Lipinski definition) is 0. The second kappa shape index (κ2) is 6.19. The van der Waals surface area contributed by atoms with Gasteiger partial charge in [0.15, 0.2) is 11.5 Å². The molecule has 0 bridgehead atoms. The lowest BCUT2D eigenvalue weighted by Gasteiger charge is -2.27. The number of fused-ring (bicyclic) bond motifs is 2. The van der Waals surface area contributed by atoms with Crippen LogP contribution in [0.1, 0.15) is 28.2 Å². The molecule has 0 fully saturated rings. The second-order valence-corrected chi connectivity index (χ2v) is 7.16. The molecule has 0 unspecified atom stereocenters. The van der Waals surface area contributed by atoms with Gasteiger partial charge >= 0.3 is 5.97 Å². The van der Waals surface area contributed by atoms with Gasteiger partial charge < -0.3 is 23.7 Å². The van der Waals surface area contributed by atoms with Crippen LogP contribution in [0.3, 0.4) is 0 Å². The first-order chi connectivity index (χ1) is 13.6. The third-order valence-electron chi connectivity index (χ3n) is 5.72. The average Bonchev–Trinajstić information content (AvgIpc) is 3.31. The van der Waals surface area contributed by atoms with Crippen molar-refractivity contribution in [2.75, 3.05) is 27.6 Å². The Morgan fingerprint density at radius 3 is 2.32 bits per heavy atom. The van der Waals surface area contributed by atoms with Gasteiger partial charge in [0.2, 0.25) is 6.79 Å². The van der Waals surface area contributed by atoms with Crippen LogP contribution < -0.4 is 18.9 Å². The Morgan fingerprint density at radius 1 is 0.964 bits per heavy atom. The largest absolute Gasteiger partial charge is 0.496 e. The maximum Gasteiger partial charge on any atom is 0.335 e. The van der Waals surface area contributed by atoms with Gasteiger partial charge in [-0.3, -0.25) is 0 Å². The fourth-order valence-electron chi connectivity index (χ4n) is 4.35. The van der Waals surface area contributed by atoms with Crippen LogP contribution >= 0.6 is 0 Å². The summed E-state index contributed by atoms with van der Waals surface area (Å²) in [7, 11) is 3.26. The molecule has 28 heavy (non-hydrogen) atoms. The normalized spacial score (nSPS) is 19.2. The van der Waals surface area contributed by atoms with Gasteiger partial charge in [-0.05, 0) is 59.9 Å². The lowest BCUT2D eigenvalue weighted by molar-refractivity contribution is -0.136. The van der Waals surface area contributed by atoms with Crippen molar-refractivity contribution >= 4 is 5.97 Å². The molecule has 144 valence electrons. The molecule has 2 heterocycles. The summed E-state index contributed by atoms with van der Waals surface area (Å²) in [6, 6.07) is 7.94. The van der Waals surface area contributed by atoms with Crippen molar-refractivity contribution in [3.8, 4) is 23.0 Å². The zero-order valence-corrected chi connectivity index (χ0v) is 16.0. The van der Waals surface area contributed by atoms with Gasteiger partial charge in [0.05, 0.1) is 19.8 Å². The first-order valence-electron chi connectivity index (χ1n) is 9.14. The lowest BCUT2D eigenvalue weighted by Crippen LogP contribution is -2.18. The van der Waals surface area contributed by atoms with Crippen LogP contribution in [0.4, 0.5) is 0 Å². The molecule has 5 rings (SSSR count). The van der Waals surface area contributed by atoms with Gasteiger partial charge in [-0.15, -0.1) is 0 Å². The van der Waals surface area contributed by atoms with E-state index in [0.29, 0.717) is 24.4 Å². The van der Waals surface area contributed by atoms with Crippen LogP contribution in [0.5, 0.6) is 23.0 Å². The summed E-state index contributed by atoms with van der Waals surface area (Å²) >= 11 is 0. The Morgan fingerprint density at radius 2 is 1.64 bits per heavy atom. The Hall–Kier alpha value is -3.15. The van der Waals surface area contributed by atoms with Crippen molar-refractivity contribution in [1.82, 2.24) is 0 Å². The number of cyclic esters (lactones) is 1. The Balaban J connectivity index is 1.75. The molecule has 3 aliphatic rings. The number of benzene rings is 2. The van der Waals surface area contributed by atoms with Crippen molar-refractivity contribution in [3.63, 3.8) is 0 Å². The number of methoxy groups -OCH3 is 2. The predicted octanol–water partition coefficient (Wildman–Crippen LogP) is 3.28. The first-order valence-corrected chi connectivity index (χ1v) is 9.14. The predicted molar refractivity (Wildman–Crippen MR) is 100 cm³/mol. The first kappa shape index (κ1) is 17.0. The standard InChI is InChI=1S/C22H20O6/c1-11-16(24-2)6-13(7-17(11)25-3)20-15-8-19-18(27-10-28-19)5-12(15)4-14-9-26-22(23)21(14)20/h5-8,20H,4,9-10H2,1-3H3/t20-/m1/s1. The number of rotatable bonds is 3. The summed E-state index contributed by atoms with van der Waals surface area (Å²) in [5.41, 5.74) is 5.70. The minimum absolute atomic E-state index is 0.213. The van der Waals surface area contributed by atoms with Gasteiger partial charge in [-0.25, -0.2) is 4.79 Å². The number of esters is 1. The Labute approximate surface area is 162 Å². The molecule has 0 amide bonds. The van der Waals surface area contributed by atoms with Crippen LogP contribution in [0.15, 0.2) is 35.4 Å². The molecule has 0 aromatic heterocycles. The molecular weight excluding hydrogens is 360 g/mol. The van der Waals surface area contributed by atoms with E-state index in [1.807, 2.05) is 31.2 Å². The van der Waals surface area contributed by atoms with E-state index in [9.17, 15) is 4.79 Å². The summed E-state index contributed by atoms with van der Waals surface area (Å²) in [4.78, 5) is 12.6. The van der Waals surface area contributed by atoms with Crippen LogP contribution in [-0.2, 0) is 16.0 Å². The summed E-state index contributed by atoms with van der Waals surface area (Å²) < 4.78 is 27.6. The highest BCUT2D eigenvalue weighted by atomic mass is 16.7. The molecule has 2 aromatic rings. The summed E-state index contributed by atoms with van der Waals surface area (Å²) in [6.45, 7) is 2.49. The number of carbonyl (C=O) groups is 1. The number of ether oxygens (including phenoxy) is 5. The third kappa shape index (κ3) is 2.37. The van der Waals surface area contributed by atoms with E-state index in [-0.39, 0.29) is 18.7 Å². The fourth-order valence-corrected chi connectivity index (χ4v) is 4.35. The Kier molecular flexibility index (Phi) is 3.75. The molecule has 0 radical (unpaired) electrons. The van der Waals surface area contributed by atoms with Crippen molar-refractivity contribution in [3.05, 3.63) is 57.7 Å². The van der Waals surface area contributed by atoms with E-state index in [4.69, 9.17) is 23.7 Å². The lowest BCUT2D eigenvalue weighted by atomic mass is 9.75. The maximum atomic E-state index is 12.6. The molecule has 6 nitrogen and oxygen atoms in total. The van der Waals surface area contributed by atoms with E-state index < -0.39 is 0 Å². The summed E-state index contributed by atoms with van der Waals surface area (Å²) in [5.74, 6) is 2.34. The van der Waals surface area contributed by atoms with E-state index >= 15 is 0 Å². The minimum Gasteiger partial charge on any atom is -0.496 e. The van der Waals surface area contributed by atoms with Gasteiger partial charge in [0.1, 0.15) is 18.1 Å². The average molecular weight is 380 g/mol. The van der Waals surface area contributed by atoms with Gasteiger partial charge in [-0.1, -0.05) is 0 Å². The minimum atomic E-state index is -0.272. The van der Waals surface area contributed by atoms with Crippen LogP contribution in [0.2, 0.25) is 0 Å². The zero-order valence-electron chi connectivity index (χ0n) is 16.0. The highest BCUT2D eigenvalue weighted by Gasteiger charge is 2.39. The van der Waals surface area contributed by atoms with Crippen molar-refractivity contribution in [1.29, 1.82) is 0 Å². The molecule has 6 heteroatoms. The molecule has 2 aliphatic heterocycles. The molecule has 0 spiro atoms. The van der Waals surface area contributed by atoms with Crippen LogP contribution in [0, 0.1) is 6.92 Å². The zero-order chi connectivity index (χ0) is 19.4. The molecule has 1 atom stereocenters. The van der Waals surface area contributed by atoms with Gasteiger partial charge in [0.25, 0.3) is 0 Å². The molecule has 0 saturated heterocycles. The SMILES string of the molecule is COc1cc([C@H]2C3=C(COC3=O)Cc3cc4c(cc32)OCO4)cc(OC)c1C. The molecule has 1 aliphatic carbocycles. The van der Waals surface area contributed by atoms with E-state index in [2.05, 4.69) is 0 Å². The molecule has 0 N–H and O–H groups in total. The van der Waals surface area contributed by atoms with Crippen LogP contribution in [0.25, 0.3) is 0 Å². The topological polar surface area (TPSA) is 63.2 Å². The van der Waals surface area contributed by atoms with E-state index in [0.717, 1.165) is 45.1 Å². The van der Waals surface area contributed by atoms with Crippen molar-refractivity contribution in [2.45, 2.75) is 19.3 Å². The fraction of sp³-hybridized carbons (Fsp3) is 0.318. The van der Waals surface area contributed by atoms with E-state index in [1.54, 1.807) is 14.2 Å². The smallest absolute Gasteiger partial charge is 0.335 e. The van der Waals surface area contributed by atoms with E-state index in [1.165, 1.54) is 0 Å². The Bertz CT molecular complexity index is 1010. The van der Waals surface area contributed by atoms with Crippen molar-refractivity contribution in [2.24, 2.45) is 0 Å². The molecule has 0 saturated carbocycles.